The molecule has 2 heteroatoms. The van der Waals surface area contributed by atoms with Crippen LogP contribution in [0.2, 0.25) is 0 Å². The van der Waals surface area contributed by atoms with Gasteiger partial charge in [0.05, 0.1) is 12.6 Å². The smallest absolute Gasteiger partial charge is 0.218 e. The minimum atomic E-state index is 0.00653. The third kappa shape index (κ3) is 1.72. The topological polar surface area (TPSA) is 22.1 Å². The quantitative estimate of drug-likeness (QED) is 0.712. The maximum Gasteiger partial charge on any atom is 0.218 e. The molecule has 0 aliphatic carbocycles. The summed E-state index contributed by atoms with van der Waals surface area (Å²) in [5.74, 6) is 3.32. The molecule has 2 nitrogen and oxygen atoms in total. The Labute approximate surface area is 95.3 Å². The molecule has 0 aliphatic heterocycles. The number of hydrogen-bond acceptors (Lipinski definition) is 2. The Morgan fingerprint density at radius 1 is 1.38 bits per heavy atom. The fourth-order valence-electron chi connectivity index (χ4n) is 1.68. The Morgan fingerprint density at radius 3 is 2.81 bits per heavy atom. The highest BCUT2D eigenvalue weighted by Crippen LogP contribution is 2.27. The SMILES string of the molecule is C#CC(C)c1cc2ccccc2nc1OC. The highest BCUT2D eigenvalue weighted by molar-refractivity contribution is 5.80. The third-order valence-corrected chi connectivity index (χ3v) is 2.63. The van der Waals surface area contributed by atoms with Gasteiger partial charge in [0.25, 0.3) is 0 Å². The van der Waals surface area contributed by atoms with Crippen LogP contribution in [0, 0.1) is 12.3 Å². The van der Waals surface area contributed by atoms with Crippen molar-refractivity contribution in [3.8, 4) is 18.2 Å². The number of hydrogen-bond donors (Lipinski definition) is 0. The molecule has 0 fully saturated rings. The van der Waals surface area contributed by atoms with Gasteiger partial charge in [0, 0.05) is 16.9 Å². The van der Waals surface area contributed by atoms with Crippen molar-refractivity contribution < 1.29 is 4.74 Å². The lowest BCUT2D eigenvalue weighted by atomic mass is 10.0. The van der Waals surface area contributed by atoms with Gasteiger partial charge in [-0.2, -0.15) is 0 Å². The minimum Gasteiger partial charge on any atom is -0.481 e. The molecule has 0 saturated carbocycles. The van der Waals surface area contributed by atoms with Crippen LogP contribution in [0.15, 0.2) is 30.3 Å². The van der Waals surface area contributed by atoms with Crippen molar-refractivity contribution in [3.05, 3.63) is 35.9 Å². The van der Waals surface area contributed by atoms with Gasteiger partial charge < -0.3 is 4.74 Å². The molecule has 0 aliphatic rings. The molecule has 0 N–H and O–H groups in total. The number of nitrogens with zero attached hydrogens (tertiary/aromatic N) is 1. The first-order valence-electron chi connectivity index (χ1n) is 5.16. The van der Waals surface area contributed by atoms with E-state index in [0.29, 0.717) is 5.88 Å². The van der Waals surface area contributed by atoms with Gasteiger partial charge in [-0.05, 0) is 19.1 Å². The maximum absolute atomic E-state index is 5.44. The number of rotatable bonds is 2. The van der Waals surface area contributed by atoms with Gasteiger partial charge in [0.15, 0.2) is 0 Å². The summed E-state index contributed by atoms with van der Waals surface area (Å²) in [6.45, 7) is 1.97. The number of benzene rings is 1. The van der Waals surface area contributed by atoms with Crippen molar-refractivity contribution in [1.82, 2.24) is 4.98 Å². The summed E-state index contributed by atoms with van der Waals surface area (Å²) >= 11 is 0. The van der Waals surface area contributed by atoms with Gasteiger partial charge >= 0.3 is 0 Å². The number of para-hydroxylation sites is 1. The van der Waals surface area contributed by atoms with Gasteiger partial charge in [-0.15, -0.1) is 6.42 Å². The van der Waals surface area contributed by atoms with Crippen LogP contribution in [-0.4, -0.2) is 12.1 Å². The van der Waals surface area contributed by atoms with E-state index < -0.39 is 0 Å². The molecule has 1 aromatic carbocycles. The number of ether oxygens (including phenoxy) is 1. The van der Waals surface area contributed by atoms with E-state index in [-0.39, 0.29) is 5.92 Å². The third-order valence-electron chi connectivity index (χ3n) is 2.63. The number of aromatic nitrogens is 1. The van der Waals surface area contributed by atoms with Crippen molar-refractivity contribution in [3.63, 3.8) is 0 Å². The summed E-state index contributed by atoms with van der Waals surface area (Å²) in [7, 11) is 1.61. The Kier molecular flexibility index (Phi) is 2.78. The molecule has 16 heavy (non-hydrogen) atoms. The zero-order valence-electron chi connectivity index (χ0n) is 9.40. The van der Waals surface area contributed by atoms with Crippen LogP contribution in [0.1, 0.15) is 18.4 Å². The average Bonchev–Trinajstić information content (AvgIpc) is 2.36. The predicted molar refractivity (Wildman–Crippen MR) is 65.5 cm³/mol. The van der Waals surface area contributed by atoms with E-state index in [0.717, 1.165) is 16.5 Å². The second-order valence-electron chi connectivity index (χ2n) is 3.67. The first kappa shape index (κ1) is 10.5. The largest absolute Gasteiger partial charge is 0.481 e. The fraction of sp³-hybridized carbons (Fsp3) is 0.214. The maximum atomic E-state index is 5.44. The summed E-state index contributed by atoms with van der Waals surface area (Å²) in [4.78, 5) is 4.44. The van der Waals surface area contributed by atoms with Crippen molar-refractivity contribution in [2.24, 2.45) is 0 Å². The molecule has 0 saturated heterocycles. The minimum absolute atomic E-state index is 0.00653. The van der Waals surface area contributed by atoms with Gasteiger partial charge in [0.2, 0.25) is 5.88 Å². The molecule has 1 unspecified atom stereocenters. The molecule has 1 heterocycles. The van der Waals surface area contributed by atoms with E-state index in [1.54, 1.807) is 7.11 Å². The van der Waals surface area contributed by atoms with Gasteiger partial charge in [-0.25, -0.2) is 4.98 Å². The van der Waals surface area contributed by atoms with Crippen molar-refractivity contribution >= 4 is 10.9 Å². The standard InChI is InChI=1S/C14H13NO/c1-4-10(2)12-9-11-7-5-6-8-13(11)15-14(12)16-3/h1,5-10H,2-3H3. The van der Waals surface area contributed by atoms with E-state index in [2.05, 4.69) is 10.9 Å². The molecule has 2 aromatic rings. The van der Waals surface area contributed by atoms with E-state index >= 15 is 0 Å². The van der Waals surface area contributed by atoms with Crippen LogP contribution in [-0.2, 0) is 0 Å². The molecule has 2 rings (SSSR count). The monoisotopic (exact) mass is 211 g/mol. The number of terminal acetylenes is 1. The predicted octanol–water partition coefficient (Wildman–Crippen LogP) is 2.98. The van der Waals surface area contributed by atoms with Crippen LogP contribution >= 0.6 is 0 Å². The summed E-state index contributed by atoms with van der Waals surface area (Å²) in [5, 5.41) is 1.08. The first-order valence-corrected chi connectivity index (χ1v) is 5.16. The van der Waals surface area contributed by atoms with E-state index in [1.807, 2.05) is 37.3 Å². The number of methoxy groups -OCH3 is 1. The van der Waals surface area contributed by atoms with Gasteiger partial charge in [0.1, 0.15) is 0 Å². The Hall–Kier alpha value is -2.01. The van der Waals surface area contributed by atoms with Crippen LogP contribution in [0.5, 0.6) is 5.88 Å². The van der Waals surface area contributed by atoms with E-state index in [1.165, 1.54) is 0 Å². The Morgan fingerprint density at radius 2 is 2.12 bits per heavy atom. The lowest BCUT2D eigenvalue weighted by Gasteiger charge is -2.11. The normalized spacial score (nSPS) is 12.1. The number of pyridine rings is 1. The second kappa shape index (κ2) is 4.24. The average molecular weight is 211 g/mol. The molecule has 0 amide bonds. The molecule has 0 radical (unpaired) electrons. The fourth-order valence-corrected chi connectivity index (χ4v) is 1.68. The van der Waals surface area contributed by atoms with Crippen molar-refractivity contribution in [1.29, 1.82) is 0 Å². The molecule has 1 aromatic heterocycles. The molecule has 80 valence electrons. The highest BCUT2D eigenvalue weighted by atomic mass is 16.5. The molecule has 1 atom stereocenters. The molecular weight excluding hydrogens is 198 g/mol. The van der Waals surface area contributed by atoms with Crippen LogP contribution in [0.3, 0.4) is 0 Å². The van der Waals surface area contributed by atoms with Gasteiger partial charge in [-0.1, -0.05) is 24.1 Å². The Bertz CT molecular complexity index is 554. The summed E-state index contributed by atoms with van der Waals surface area (Å²) in [6, 6.07) is 9.97. The first-order chi connectivity index (χ1) is 7.76. The second-order valence-corrected chi connectivity index (χ2v) is 3.67. The van der Waals surface area contributed by atoms with Crippen LogP contribution < -0.4 is 4.74 Å². The zero-order chi connectivity index (χ0) is 11.5. The Balaban J connectivity index is 2.68. The number of fused-ring (bicyclic) bond motifs is 1. The zero-order valence-corrected chi connectivity index (χ0v) is 9.40. The molecule has 0 bridgehead atoms. The van der Waals surface area contributed by atoms with Crippen LogP contribution in [0.4, 0.5) is 0 Å². The van der Waals surface area contributed by atoms with Crippen molar-refractivity contribution in [2.75, 3.05) is 7.11 Å². The lowest BCUT2D eigenvalue weighted by Crippen LogP contribution is -1.98. The summed E-state index contributed by atoms with van der Waals surface area (Å²) in [6.07, 6.45) is 5.44. The van der Waals surface area contributed by atoms with E-state index in [4.69, 9.17) is 11.2 Å². The van der Waals surface area contributed by atoms with Crippen LogP contribution in [0.25, 0.3) is 10.9 Å². The van der Waals surface area contributed by atoms with E-state index in [9.17, 15) is 0 Å². The molecule has 0 spiro atoms. The summed E-state index contributed by atoms with van der Waals surface area (Å²) < 4.78 is 5.27. The lowest BCUT2D eigenvalue weighted by molar-refractivity contribution is 0.393. The van der Waals surface area contributed by atoms with Gasteiger partial charge in [-0.3, -0.25) is 0 Å². The summed E-state index contributed by atoms with van der Waals surface area (Å²) in [5.41, 5.74) is 1.89. The highest BCUT2D eigenvalue weighted by Gasteiger charge is 2.11. The van der Waals surface area contributed by atoms with Crippen molar-refractivity contribution in [2.45, 2.75) is 12.8 Å². The molecular formula is C14H13NO.